The molecule has 1 N–H and O–H groups in total. The minimum absolute atomic E-state index is 0.266. The summed E-state index contributed by atoms with van der Waals surface area (Å²) in [5.41, 5.74) is 2.64. The molecule has 0 saturated heterocycles. The number of anilines is 1. The minimum Gasteiger partial charge on any atom is -0.494 e. The Morgan fingerprint density at radius 2 is 1.86 bits per heavy atom. The Kier molecular flexibility index (Phi) is 4.87. The maximum Gasteiger partial charge on any atom is 0.222 e. The van der Waals surface area contributed by atoms with Crippen LogP contribution in [0.15, 0.2) is 60.9 Å². The van der Waals surface area contributed by atoms with Crippen molar-refractivity contribution in [2.24, 2.45) is 0 Å². The first-order valence-corrected chi connectivity index (χ1v) is 8.89. The van der Waals surface area contributed by atoms with Crippen molar-refractivity contribution >= 4 is 22.6 Å². The molecule has 0 bridgehead atoms. The standard InChI is InChI=1S/C22H17FN4O2/c1-13(28)25-22-18-10-16(14-5-3-7-17(23)9-14)11-19(29-2)20(18)26-21(27-22)15-6-4-8-24-12-15/h3-12H,1-2H3,(H,25,26,27,28). The van der Waals surface area contributed by atoms with Crippen molar-refractivity contribution < 1.29 is 13.9 Å². The van der Waals surface area contributed by atoms with Gasteiger partial charge in [0.25, 0.3) is 0 Å². The topological polar surface area (TPSA) is 77.0 Å². The molecule has 0 radical (unpaired) electrons. The number of nitrogens with one attached hydrogen (secondary N) is 1. The number of fused-ring (bicyclic) bond motifs is 1. The molecule has 6 nitrogen and oxygen atoms in total. The molecule has 29 heavy (non-hydrogen) atoms. The molecule has 2 aromatic carbocycles. The zero-order chi connectivity index (χ0) is 20.4. The zero-order valence-corrected chi connectivity index (χ0v) is 15.8. The van der Waals surface area contributed by atoms with Gasteiger partial charge in [0.1, 0.15) is 22.9 Å². The Hall–Kier alpha value is -3.87. The number of halogens is 1. The van der Waals surface area contributed by atoms with Crippen LogP contribution < -0.4 is 10.1 Å². The molecule has 0 saturated carbocycles. The van der Waals surface area contributed by atoms with Crippen molar-refractivity contribution in [1.29, 1.82) is 0 Å². The molecule has 0 aliphatic carbocycles. The van der Waals surface area contributed by atoms with Crippen LogP contribution in [0.5, 0.6) is 5.75 Å². The van der Waals surface area contributed by atoms with Crippen LogP contribution in [0.1, 0.15) is 6.92 Å². The fourth-order valence-electron chi connectivity index (χ4n) is 3.08. The molecule has 2 heterocycles. The van der Waals surface area contributed by atoms with Gasteiger partial charge in [-0.15, -0.1) is 0 Å². The molecule has 7 heteroatoms. The van der Waals surface area contributed by atoms with E-state index < -0.39 is 0 Å². The molecule has 144 valence electrons. The normalized spacial score (nSPS) is 10.7. The summed E-state index contributed by atoms with van der Waals surface area (Å²) in [6, 6.07) is 13.5. The van der Waals surface area contributed by atoms with E-state index in [2.05, 4.69) is 20.3 Å². The number of hydrogen-bond acceptors (Lipinski definition) is 5. The van der Waals surface area contributed by atoms with Gasteiger partial charge >= 0.3 is 0 Å². The van der Waals surface area contributed by atoms with Crippen molar-refractivity contribution in [3.05, 3.63) is 66.7 Å². The van der Waals surface area contributed by atoms with Gasteiger partial charge in [0.15, 0.2) is 5.82 Å². The first-order valence-electron chi connectivity index (χ1n) is 8.89. The summed E-state index contributed by atoms with van der Waals surface area (Å²) < 4.78 is 19.3. The number of nitrogens with zero attached hydrogens (tertiary/aromatic N) is 3. The van der Waals surface area contributed by atoms with Crippen molar-refractivity contribution in [3.8, 4) is 28.3 Å². The highest BCUT2D eigenvalue weighted by Crippen LogP contribution is 2.36. The summed E-state index contributed by atoms with van der Waals surface area (Å²) in [6.07, 6.45) is 3.30. The van der Waals surface area contributed by atoms with Crippen LogP contribution in [0.2, 0.25) is 0 Å². The lowest BCUT2D eigenvalue weighted by atomic mass is 10.0. The van der Waals surface area contributed by atoms with Crippen LogP contribution in [-0.4, -0.2) is 28.0 Å². The highest BCUT2D eigenvalue weighted by Gasteiger charge is 2.16. The molecule has 0 unspecified atom stereocenters. The Balaban J connectivity index is 2.00. The van der Waals surface area contributed by atoms with Crippen LogP contribution in [0.3, 0.4) is 0 Å². The largest absolute Gasteiger partial charge is 0.494 e. The fourth-order valence-corrected chi connectivity index (χ4v) is 3.08. The monoisotopic (exact) mass is 388 g/mol. The summed E-state index contributed by atoms with van der Waals surface area (Å²) in [7, 11) is 1.54. The van der Waals surface area contributed by atoms with Gasteiger partial charge in [0.05, 0.1) is 7.11 Å². The number of rotatable bonds is 4. The van der Waals surface area contributed by atoms with Gasteiger partial charge in [-0.05, 0) is 47.5 Å². The molecule has 0 aliphatic heterocycles. The number of carbonyl (C=O) groups is 1. The Bertz CT molecular complexity index is 1210. The van der Waals surface area contributed by atoms with E-state index in [0.29, 0.717) is 39.4 Å². The Morgan fingerprint density at radius 3 is 2.55 bits per heavy atom. The van der Waals surface area contributed by atoms with Crippen molar-refractivity contribution in [1.82, 2.24) is 15.0 Å². The highest BCUT2D eigenvalue weighted by atomic mass is 19.1. The van der Waals surface area contributed by atoms with E-state index in [1.165, 1.54) is 26.2 Å². The maximum atomic E-state index is 13.7. The number of aromatic nitrogens is 3. The second-order valence-electron chi connectivity index (χ2n) is 6.40. The highest BCUT2D eigenvalue weighted by molar-refractivity contribution is 6.02. The number of amides is 1. The van der Waals surface area contributed by atoms with E-state index in [1.807, 2.05) is 12.1 Å². The maximum absolute atomic E-state index is 13.7. The third-order valence-corrected chi connectivity index (χ3v) is 4.36. The number of methoxy groups -OCH3 is 1. The molecular formula is C22H17FN4O2. The van der Waals surface area contributed by atoms with Crippen LogP contribution in [0.4, 0.5) is 10.2 Å². The second kappa shape index (κ2) is 7.63. The first-order chi connectivity index (χ1) is 14.0. The predicted octanol–water partition coefficient (Wildman–Crippen LogP) is 4.46. The summed E-state index contributed by atoms with van der Waals surface area (Å²) in [4.78, 5) is 25.1. The third kappa shape index (κ3) is 3.75. The van der Waals surface area contributed by atoms with Crippen LogP contribution >= 0.6 is 0 Å². The van der Waals surface area contributed by atoms with Gasteiger partial charge in [-0.3, -0.25) is 9.78 Å². The molecule has 0 atom stereocenters. The lowest BCUT2D eigenvalue weighted by molar-refractivity contribution is -0.114. The van der Waals surface area contributed by atoms with E-state index in [-0.39, 0.29) is 11.7 Å². The lowest BCUT2D eigenvalue weighted by Crippen LogP contribution is -2.09. The van der Waals surface area contributed by atoms with Crippen LogP contribution in [0, 0.1) is 5.82 Å². The van der Waals surface area contributed by atoms with E-state index in [4.69, 9.17) is 4.74 Å². The number of ether oxygens (including phenoxy) is 1. The summed E-state index contributed by atoms with van der Waals surface area (Å²) >= 11 is 0. The first kappa shape index (κ1) is 18.5. The van der Waals surface area contributed by atoms with Crippen molar-refractivity contribution in [2.45, 2.75) is 6.92 Å². The van der Waals surface area contributed by atoms with E-state index in [9.17, 15) is 9.18 Å². The van der Waals surface area contributed by atoms with Gasteiger partial charge in [-0.2, -0.15) is 0 Å². The Labute approximate surface area is 166 Å². The van der Waals surface area contributed by atoms with Gasteiger partial charge in [-0.1, -0.05) is 12.1 Å². The SMILES string of the molecule is COc1cc(-c2cccc(F)c2)cc2c(NC(C)=O)nc(-c3cccnc3)nc12. The van der Waals surface area contributed by atoms with E-state index in [1.54, 1.807) is 36.7 Å². The van der Waals surface area contributed by atoms with Crippen molar-refractivity contribution in [2.75, 3.05) is 12.4 Å². The molecular weight excluding hydrogens is 371 g/mol. The average molecular weight is 388 g/mol. The number of carbonyl (C=O) groups excluding carboxylic acids is 1. The van der Waals surface area contributed by atoms with Gasteiger partial charge in [-0.25, -0.2) is 14.4 Å². The minimum atomic E-state index is -0.341. The quantitative estimate of drug-likeness (QED) is 0.558. The number of benzene rings is 2. The third-order valence-electron chi connectivity index (χ3n) is 4.36. The fraction of sp³-hybridized carbons (Fsp3) is 0.0909. The van der Waals surface area contributed by atoms with Crippen molar-refractivity contribution in [3.63, 3.8) is 0 Å². The van der Waals surface area contributed by atoms with E-state index >= 15 is 0 Å². The second-order valence-corrected chi connectivity index (χ2v) is 6.40. The molecule has 0 spiro atoms. The Morgan fingerprint density at radius 1 is 1.03 bits per heavy atom. The number of hydrogen-bond donors (Lipinski definition) is 1. The molecule has 4 rings (SSSR count). The molecule has 1 amide bonds. The number of pyridine rings is 1. The smallest absolute Gasteiger partial charge is 0.222 e. The molecule has 0 aliphatic rings. The lowest BCUT2D eigenvalue weighted by Gasteiger charge is -2.14. The summed E-state index contributed by atoms with van der Waals surface area (Å²) in [5, 5.41) is 3.35. The van der Waals surface area contributed by atoms with E-state index in [0.717, 1.165) is 5.56 Å². The van der Waals surface area contributed by atoms with Gasteiger partial charge < -0.3 is 10.1 Å². The van der Waals surface area contributed by atoms with Crippen LogP contribution in [-0.2, 0) is 4.79 Å². The zero-order valence-electron chi connectivity index (χ0n) is 15.8. The predicted molar refractivity (Wildman–Crippen MR) is 109 cm³/mol. The molecule has 2 aromatic heterocycles. The summed E-state index contributed by atoms with van der Waals surface area (Å²) in [6.45, 7) is 1.41. The van der Waals surface area contributed by atoms with Crippen LogP contribution in [0.25, 0.3) is 33.4 Å². The molecule has 0 fully saturated rings. The van der Waals surface area contributed by atoms with Gasteiger partial charge in [0.2, 0.25) is 5.91 Å². The summed E-state index contributed by atoms with van der Waals surface area (Å²) in [5.74, 6) is 0.633. The van der Waals surface area contributed by atoms with Gasteiger partial charge in [0, 0.05) is 30.3 Å². The molecule has 4 aromatic rings. The average Bonchev–Trinajstić information content (AvgIpc) is 2.73.